The zero-order valence-corrected chi connectivity index (χ0v) is 9.98. The van der Waals surface area contributed by atoms with E-state index in [1.807, 2.05) is 0 Å². The van der Waals surface area contributed by atoms with Gasteiger partial charge in [0.2, 0.25) is 5.43 Å². The molecule has 0 aromatic carbocycles. The maximum Gasteiger partial charge on any atom is 0.205 e. The first-order valence-electron chi connectivity index (χ1n) is 4.63. The zero-order chi connectivity index (χ0) is 12.4. The van der Waals surface area contributed by atoms with Crippen LogP contribution in [-0.2, 0) is 6.61 Å². The van der Waals surface area contributed by atoms with Crippen LogP contribution in [0.4, 0.5) is 0 Å². The summed E-state index contributed by atoms with van der Waals surface area (Å²) < 4.78 is 1.40. The summed E-state index contributed by atoms with van der Waals surface area (Å²) in [5.74, 6) is 0. The van der Waals surface area contributed by atoms with Crippen LogP contribution in [0.2, 0.25) is 10.3 Å². The molecule has 0 aliphatic carbocycles. The number of halogens is 2. The molecular formula is C10H7Cl2N3O2. The average molecular weight is 272 g/mol. The number of aliphatic hydroxyl groups excluding tert-OH is 1. The molecule has 0 saturated carbocycles. The quantitative estimate of drug-likeness (QED) is 0.839. The number of pyridine rings is 1. The Morgan fingerprint density at radius 1 is 1.29 bits per heavy atom. The lowest BCUT2D eigenvalue weighted by Crippen LogP contribution is -2.15. The van der Waals surface area contributed by atoms with Gasteiger partial charge in [0.1, 0.15) is 16.0 Å². The van der Waals surface area contributed by atoms with Crippen molar-refractivity contribution in [3.8, 4) is 5.69 Å². The lowest BCUT2D eigenvalue weighted by Gasteiger charge is -2.06. The Labute approximate surface area is 106 Å². The fraction of sp³-hybridized carbons (Fsp3) is 0.100. The predicted octanol–water partition coefficient (Wildman–Crippen LogP) is 1.43. The van der Waals surface area contributed by atoms with Crippen LogP contribution >= 0.6 is 23.2 Å². The highest BCUT2D eigenvalue weighted by Gasteiger charge is 2.05. The summed E-state index contributed by atoms with van der Waals surface area (Å²) in [6.45, 7) is -0.424. The first kappa shape index (κ1) is 12.0. The van der Waals surface area contributed by atoms with Crippen LogP contribution in [0.15, 0.2) is 29.2 Å². The van der Waals surface area contributed by atoms with Crippen molar-refractivity contribution in [1.29, 1.82) is 0 Å². The second-order valence-electron chi connectivity index (χ2n) is 3.20. The van der Waals surface area contributed by atoms with Crippen molar-refractivity contribution < 1.29 is 5.11 Å². The van der Waals surface area contributed by atoms with Crippen LogP contribution in [-0.4, -0.2) is 19.9 Å². The molecule has 0 bridgehead atoms. The molecule has 2 rings (SSSR count). The molecule has 2 aromatic rings. The van der Waals surface area contributed by atoms with E-state index in [2.05, 4.69) is 10.1 Å². The highest BCUT2D eigenvalue weighted by atomic mass is 35.5. The van der Waals surface area contributed by atoms with E-state index in [-0.39, 0.29) is 21.4 Å². The fourth-order valence-corrected chi connectivity index (χ4v) is 1.73. The molecule has 5 nitrogen and oxygen atoms in total. The van der Waals surface area contributed by atoms with Crippen LogP contribution < -0.4 is 5.43 Å². The summed E-state index contributed by atoms with van der Waals surface area (Å²) in [5, 5.41) is 13.4. The molecule has 2 heterocycles. The van der Waals surface area contributed by atoms with Crippen molar-refractivity contribution in [3.05, 3.63) is 50.6 Å². The summed E-state index contributed by atoms with van der Waals surface area (Å²) in [5.41, 5.74) is 0.288. The van der Waals surface area contributed by atoms with Gasteiger partial charge in [0.25, 0.3) is 0 Å². The Bertz CT molecular complexity index is 592. The van der Waals surface area contributed by atoms with Crippen molar-refractivity contribution in [3.63, 3.8) is 0 Å². The maximum atomic E-state index is 11.3. The Morgan fingerprint density at radius 2 is 1.94 bits per heavy atom. The van der Waals surface area contributed by atoms with Gasteiger partial charge in [-0.25, -0.2) is 9.67 Å². The molecule has 0 aliphatic heterocycles. The molecule has 0 fully saturated rings. The van der Waals surface area contributed by atoms with Crippen LogP contribution in [0.5, 0.6) is 0 Å². The summed E-state index contributed by atoms with van der Waals surface area (Å²) in [6, 6.07) is 4.40. The number of nitrogens with zero attached hydrogens (tertiary/aromatic N) is 3. The van der Waals surface area contributed by atoms with Crippen molar-refractivity contribution in [2.45, 2.75) is 6.61 Å². The van der Waals surface area contributed by atoms with E-state index in [0.717, 1.165) is 0 Å². The first-order chi connectivity index (χ1) is 8.10. The lowest BCUT2D eigenvalue weighted by atomic mass is 10.3. The second kappa shape index (κ2) is 4.83. The van der Waals surface area contributed by atoms with Gasteiger partial charge in [0.05, 0.1) is 12.3 Å². The fourth-order valence-electron chi connectivity index (χ4n) is 1.29. The summed E-state index contributed by atoms with van der Waals surface area (Å²) in [6.07, 6.45) is 1.46. The predicted molar refractivity (Wildman–Crippen MR) is 63.6 cm³/mol. The van der Waals surface area contributed by atoms with Gasteiger partial charge < -0.3 is 5.11 Å². The molecule has 0 aliphatic rings. The van der Waals surface area contributed by atoms with Crippen LogP contribution in [0.1, 0.15) is 5.69 Å². The van der Waals surface area contributed by atoms with Gasteiger partial charge in [0, 0.05) is 24.4 Å². The van der Waals surface area contributed by atoms with E-state index in [4.69, 9.17) is 28.3 Å². The van der Waals surface area contributed by atoms with Crippen molar-refractivity contribution in [2.24, 2.45) is 0 Å². The Hall–Kier alpha value is -1.43. The highest BCUT2D eigenvalue weighted by molar-refractivity contribution is 6.32. The SMILES string of the molecule is O=c1ccn(-c2cc(Cl)nc(Cl)c2)nc1CO. The largest absolute Gasteiger partial charge is 0.390 e. The van der Waals surface area contributed by atoms with E-state index in [9.17, 15) is 4.79 Å². The average Bonchev–Trinajstić information content (AvgIpc) is 2.28. The zero-order valence-electron chi connectivity index (χ0n) is 8.47. The van der Waals surface area contributed by atoms with Gasteiger partial charge in [-0.05, 0) is 0 Å². The van der Waals surface area contributed by atoms with E-state index >= 15 is 0 Å². The number of aromatic nitrogens is 3. The number of hydrogen-bond acceptors (Lipinski definition) is 4. The lowest BCUT2D eigenvalue weighted by molar-refractivity contribution is 0.273. The molecule has 88 valence electrons. The molecule has 0 saturated heterocycles. The van der Waals surface area contributed by atoms with E-state index in [1.165, 1.54) is 16.9 Å². The monoisotopic (exact) mass is 271 g/mol. The minimum Gasteiger partial charge on any atom is -0.390 e. The standard InChI is InChI=1S/C10H7Cl2N3O2/c11-9-3-6(4-10(12)13-9)15-2-1-8(17)7(5-16)14-15/h1-4,16H,5H2. The van der Waals surface area contributed by atoms with Gasteiger partial charge in [-0.3, -0.25) is 4.79 Å². The summed E-state index contributed by atoms with van der Waals surface area (Å²) >= 11 is 11.5. The van der Waals surface area contributed by atoms with E-state index in [1.54, 1.807) is 12.1 Å². The Kier molecular flexibility index (Phi) is 3.42. The third kappa shape index (κ3) is 2.63. The van der Waals surface area contributed by atoms with Gasteiger partial charge in [-0.2, -0.15) is 5.10 Å². The summed E-state index contributed by atoms with van der Waals surface area (Å²) in [4.78, 5) is 15.1. The van der Waals surface area contributed by atoms with Crippen LogP contribution in [0, 0.1) is 0 Å². The smallest absolute Gasteiger partial charge is 0.205 e. The summed E-state index contributed by atoms with van der Waals surface area (Å²) in [7, 11) is 0. The van der Waals surface area contributed by atoms with Crippen molar-refractivity contribution in [2.75, 3.05) is 0 Å². The van der Waals surface area contributed by atoms with Gasteiger partial charge in [0.15, 0.2) is 0 Å². The molecule has 0 radical (unpaired) electrons. The first-order valence-corrected chi connectivity index (χ1v) is 5.39. The Balaban J connectivity index is 2.56. The number of rotatable bonds is 2. The Morgan fingerprint density at radius 3 is 2.53 bits per heavy atom. The molecule has 2 aromatic heterocycles. The van der Waals surface area contributed by atoms with Crippen molar-refractivity contribution >= 4 is 23.2 Å². The van der Waals surface area contributed by atoms with Crippen LogP contribution in [0.3, 0.4) is 0 Å². The number of aliphatic hydroxyl groups is 1. The van der Waals surface area contributed by atoms with Crippen LogP contribution in [0.25, 0.3) is 5.69 Å². The molecule has 0 spiro atoms. The topological polar surface area (TPSA) is 68.0 Å². The molecule has 7 heteroatoms. The maximum absolute atomic E-state index is 11.3. The minimum absolute atomic E-state index is 0.0524. The van der Waals surface area contributed by atoms with E-state index in [0.29, 0.717) is 5.69 Å². The molecule has 0 amide bonds. The van der Waals surface area contributed by atoms with Gasteiger partial charge >= 0.3 is 0 Å². The van der Waals surface area contributed by atoms with Gasteiger partial charge in [-0.1, -0.05) is 23.2 Å². The van der Waals surface area contributed by atoms with Gasteiger partial charge in [-0.15, -0.1) is 0 Å². The molecule has 17 heavy (non-hydrogen) atoms. The number of hydrogen-bond donors (Lipinski definition) is 1. The molecule has 0 atom stereocenters. The highest BCUT2D eigenvalue weighted by Crippen LogP contribution is 2.16. The van der Waals surface area contributed by atoms with Crippen molar-refractivity contribution in [1.82, 2.24) is 14.8 Å². The normalized spacial score (nSPS) is 10.5. The third-order valence-electron chi connectivity index (χ3n) is 2.04. The molecule has 0 unspecified atom stereocenters. The minimum atomic E-state index is -0.424. The molecule has 1 N–H and O–H groups in total. The third-order valence-corrected chi connectivity index (χ3v) is 2.43. The second-order valence-corrected chi connectivity index (χ2v) is 3.97. The van der Waals surface area contributed by atoms with E-state index < -0.39 is 6.61 Å². The molecular weight excluding hydrogens is 265 g/mol.